The van der Waals surface area contributed by atoms with Crippen LogP contribution in [0.4, 0.5) is 15.9 Å². The van der Waals surface area contributed by atoms with Gasteiger partial charge in [-0.05, 0) is 69.5 Å². The van der Waals surface area contributed by atoms with Crippen molar-refractivity contribution in [3.63, 3.8) is 0 Å². The van der Waals surface area contributed by atoms with Gasteiger partial charge in [0.25, 0.3) is 0 Å². The van der Waals surface area contributed by atoms with Crippen LogP contribution >= 0.6 is 0 Å². The summed E-state index contributed by atoms with van der Waals surface area (Å²) < 4.78 is 50.7. The smallest absolute Gasteiger partial charge is 0.328 e. The predicted molar refractivity (Wildman–Crippen MR) is 141 cm³/mol. The van der Waals surface area contributed by atoms with Crippen LogP contribution in [-0.4, -0.2) is 54.1 Å². The molecular formula is C27H32FN5O3S. The highest BCUT2D eigenvalue weighted by atomic mass is 32.2. The maximum Gasteiger partial charge on any atom is 0.328 e. The van der Waals surface area contributed by atoms with Crippen molar-refractivity contribution in [1.29, 1.82) is 0 Å². The Morgan fingerprint density at radius 3 is 2.68 bits per heavy atom. The molecule has 2 fully saturated rings. The van der Waals surface area contributed by atoms with Gasteiger partial charge in [0.1, 0.15) is 11.6 Å². The van der Waals surface area contributed by atoms with E-state index in [0.29, 0.717) is 25.1 Å². The fourth-order valence-corrected chi connectivity index (χ4v) is 7.55. The number of rotatable bonds is 6. The van der Waals surface area contributed by atoms with Crippen LogP contribution < -0.4 is 13.3 Å². The monoisotopic (exact) mass is 525 g/mol. The molecule has 0 radical (unpaired) electrons. The summed E-state index contributed by atoms with van der Waals surface area (Å²) in [6.07, 6.45) is 5.71. The zero-order valence-corrected chi connectivity index (χ0v) is 22.1. The molecule has 8 nitrogen and oxygen atoms in total. The molecule has 0 N–H and O–H groups in total. The summed E-state index contributed by atoms with van der Waals surface area (Å²) in [5, 5.41) is 0. The minimum atomic E-state index is -4.01. The Bertz CT molecular complexity index is 1360. The van der Waals surface area contributed by atoms with Gasteiger partial charge in [-0.2, -0.15) is 8.42 Å². The lowest BCUT2D eigenvalue weighted by atomic mass is 9.82. The predicted octanol–water partition coefficient (Wildman–Crippen LogP) is 4.40. The largest absolute Gasteiger partial charge is 0.491 e. The Balaban J connectivity index is 1.45. The van der Waals surface area contributed by atoms with Crippen LogP contribution in [0.5, 0.6) is 5.75 Å². The maximum atomic E-state index is 14.3. The van der Waals surface area contributed by atoms with E-state index in [0.717, 1.165) is 17.9 Å². The number of hydrogen-bond acceptors (Lipinski definition) is 6. The Hall–Kier alpha value is -3.24. The first-order valence-corrected chi connectivity index (χ1v) is 13.9. The van der Waals surface area contributed by atoms with E-state index in [9.17, 15) is 12.8 Å². The lowest BCUT2D eigenvalue weighted by Crippen LogP contribution is -2.57. The average Bonchev–Trinajstić information content (AvgIpc) is 3.07. The Morgan fingerprint density at radius 2 is 1.97 bits per heavy atom. The van der Waals surface area contributed by atoms with Gasteiger partial charge in [0.2, 0.25) is 0 Å². The van der Waals surface area contributed by atoms with Crippen LogP contribution in [0.1, 0.15) is 39.2 Å². The number of benzene rings is 2. The molecule has 1 spiro atoms. The topological polar surface area (TPSA) is 78.9 Å². The van der Waals surface area contributed by atoms with E-state index in [2.05, 4.69) is 33.9 Å². The van der Waals surface area contributed by atoms with Crippen molar-refractivity contribution in [3.8, 4) is 5.75 Å². The number of ether oxygens (including phenoxy) is 1. The van der Waals surface area contributed by atoms with Gasteiger partial charge in [0.05, 0.1) is 30.1 Å². The van der Waals surface area contributed by atoms with Crippen molar-refractivity contribution in [2.24, 2.45) is 0 Å². The Labute approximate surface area is 217 Å². The molecule has 2 saturated heterocycles. The number of hydrogen-bond donors (Lipinski definition) is 0. The quantitative estimate of drug-likeness (QED) is 0.475. The van der Waals surface area contributed by atoms with Crippen LogP contribution in [0.25, 0.3) is 0 Å². The molecule has 0 amide bonds. The molecule has 2 atom stereocenters. The molecule has 2 aliphatic heterocycles. The standard InChI is InChI=1S/C27H32FN5O3S/c1-20(2)36-25-9-4-6-22(14-25)18-31-13-10-27(16-21(31)3)19-32(26-17-29-11-12-30-26)37(34,35)33(27)24-8-5-7-23(28)15-24/h4-9,11-12,14-15,17,20-21H,10,13,16,18-19H2,1-3H3/t21-,27+/m0/s1. The first kappa shape index (κ1) is 25.4. The molecule has 37 heavy (non-hydrogen) atoms. The van der Waals surface area contributed by atoms with Gasteiger partial charge in [-0.3, -0.25) is 9.88 Å². The lowest BCUT2D eigenvalue weighted by molar-refractivity contribution is 0.107. The minimum Gasteiger partial charge on any atom is -0.491 e. The van der Waals surface area contributed by atoms with E-state index in [4.69, 9.17) is 4.74 Å². The third-order valence-electron chi connectivity index (χ3n) is 7.04. The van der Waals surface area contributed by atoms with Gasteiger partial charge in [0.15, 0.2) is 5.82 Å². The first-order valence-electron chi connectivity index (χ1n) is 12.5. The van der Waals surface area contributed by atoms with E-state index in [1.165, 1.54) is 39.3 Å². The fourth-order valence-electron chi connectivity index (χ4n) is 5.53. The molecule has 0 saturated carbocycles. The summed E-state index contributed by atoms with van der Waals surface area (Å²) in [6.45, 7) is 7.77. The van der Waals surface area contributed by atoms with Gasteiger partial charge < -0.3 is 4.74 Å². The molecule has 2 aliphatic rings. The highest BCUT2D eigenvalue weighted by Gasteiger charge is 2.57. The van der Waals surface area contributed by atoms with Crippen molar-refractivity contribution in [2.75, 3.05) is 21.7 Å². The number of piperidine rings is 1. The number of anilines is 2. The van der Waals surface area contributed by atoms with Crippen molar-refractivity contribution < 1.29 is 17.5 Å². The van der Waals surface area contributed by atoms with Crippen LogP contribution in [0.2, 0.25) is 0 Å². The van der Waals surface area contributed by atoms with Gasteiger partial charge in [0, 0.05) is 31.5 Å². The van der Waals surface area contributed by atoms with E-state index >= 15 is 0 Å². The summed E-state index contributed by atoms with van der Waals surface area (Å²) in [5.74, 6) is 0.625. The molecule has 3 heterocycles. The third-order valence-corrected chi connectivity index (χ3v) is 8.98. The number of halogens is 1. The molecule has 196 valence electrons. The van der Waals surface area contributed by atoms with E-state index in [1.54, 1.807) is 12.1 Å². The molecule has 0 unspecified atom stereocenters. The molecule has 0 bridgehead atoms. The van der Waals surface area contributed by atoms with Gasteiger partial charge in [-0.1, -0.05) is 18.2 Å². The second-order valence-corrected chi connectivity index (χ2v) is 11.8. The number of nitrogens with zero attached hydrogens (tertiary/aromatic N) is 5. The van der Waals surface area contributed by atoms with Crippen LogP contribution in [0.3, 0.4) is 0 Å². The molecule has 10 heteroatoms. The van der Waals surface area contributed by atoms with Crippen molar-refractivity contribution in [2.45, 2.75) is 57.8 Å². The highest BCUT2D eigenvalue weighted by molar-refractivity contribution is 7.94. The van der Waals surface area contributed by atoms with Crippen LogP contribution in [-0.2, 0) is 16.8 Å². The third kappa shape index (κ3) is 5.00. The van der Waals surface area contributed by atoms with Crippen LogP contribution in [0.15, 0.2) is 67.1 Å². The van der Waals surface area contributed by atoms with Crippen molar-refractivity contribution in [1.82, 2.24) is 14.9 Å². The molecular weight excluding hydrogens is 493 g/mol. The molecule has 0 aliphatic carbocycles. The zero-order chi connectivity index (χ0) is 26.2. The highest BCUT2D eigenvalue weighted by Crippen LogP contribution is 2.45. The number of aromatic nitrogens is 2. The fraction of sp³-hybridized carbons (Fsp3) is 0.407. The van der Waals surface area contributed by atoms with Crippen LogP contribution in [0, 0.1) is 5.82 Å². The van der Waals surface area contributed by atoms with Gasteiger partial charge in [-0.15, -0.1) is 0 Å². The van der Waals surface area contributed by atoms with Gasteiger partial charge in [-0.25, -0.2) is 18.0 Å². The molecule has 5 rings (SSSR count). The SMILES string of the molecule is CC(C)Oc1cccc(CN2CC[C@@]3(C[C@@H]2C)CN(c2cnccn2)S(=O)(=O)N3c2cccc(F)c2)c1. The summed E-state index contributed by atoms with van der Waals surface area (Å²) in [6, 6.07) is 14.0. The van der Waals surface area contributed by atoms with Crippen molar-refractivity contribution in [3.05, 3.63) is 78.5 Å². The summed E-state index contributed by atoms with van der Waals surface area (Å²) in [7, 11) is -4.01. The normalized spacial score (nSPS) is 23.6. The minimum absolute atomic E-state index is 0.0801. The zero-order valence-electron chi connectivity index (χ0n) is 21.3. The van der Waals surface area contributed by atoms with E-state index in [1.807, 2.05) is 26.0 Å². The Kier molecular flexibility index (Phi) is 6.80. The molecule has 1 aromatic heterocycles. The van der Waals surface area contributed by atoms with E-state index in [-0.39, 0.29) is 24.5 Å². The average molecular weight is 526 g/mol. The van der Waals surface area contributed by atoms with Gasteiger partial charge >= 0.3 is 10.2 Å². The summed E-state index contributed by atoms with van der Waals surface area (Å²) in [4.78, 5) is 10.7. The summed E-state index contributed by atoms with van der Waals surface area (Å²) in [5.41, 5.74) is 0.719. The lowest BCUT2D eigenvalue weighted by Gasteiger charge is -2.46. The second-order valence-electron chi connectivity index (χ2n) is 10.1. The summed E-state index contributed by atoms with van der Waals surface area (Å²) >= 11 is 0. The second kappa shape index (κ2) is 9.90. The molecule has 2 aromatic carbocycles. The van der Waals surface area contributed by atoms with E-state index < -0.39 is 21.6 Å². The molecule has 3 aromatic rings. The Morgan fingerprint density at radius 1 is 1.16 bits per heavy atom. The first-order chi connectivity index (χ1) is 17.7. The van der Waals surface area contributed by atoms with Crippen molar-refractivity contribution >= 4 is 21.7 Å². The number of likely N-dealkylation sites (tertiary alicyclic amines) is 1. The maximum absolute atomic E-state index is 14.3.